The number of nitrogens with one attached hydrogen (secondary N) is 1. The number of carbonyl (C=O) groups is 1. The summed E-state index contributed by atoms with van der Waals surface area (Å²) in [4.78, 5) is 17.8. The van der Waals surface area contributed by atoms with Crippen molar-refractivity contribution in [3.8, 4) is 11.5 Å². The van der Waals surface area contributed by atoms with E-state index in [1.807, 2.05) is 38.2 Å². The predicted molar refractivity (Wildman–Crippen MR) is 106 cm³/mol. The maximum Gasteiger partial charge on any atom is 0.252 e. The molecule has 1 aromatic carbocycles. The number of ether oxygens (including phenoxy) is 2. The highest BCUT2D eigenvalue weighted by atomic mass is 16.5. The minimum atomic E-state index is -0.125. The Kier molecular flexibility index (Phi) is 4.66. The minimum absolute atomic E-state index is 0.125. The summed E-state index contributed by atoms with van der Waals surface area (Å²) >= 11 is 0. The molecule has 0 unspecified atom stereocenters. The van der Waals surface area contributed by atoms with E-state index in [1.54, 1.807) is 18.9 Å². The van der Waals surface area contributed by atoms with Crippen LogP contribution in [0.1, 0.15) is 46.1 Å². The number of aromatic nitrogens is 3. The normalized spacial score (nSPS) is 13.6. The van der Waals surface area contributed by atoms with Crippen molar-refractivity contribution in [2.45, 2.75) is 32.2 Å². The van der Waals surface area contributed by atoms with Crippen LogP contribution >= 0.6 is 0 Å². The van der Waals surface area contributed by atoms with Gasteiger partial charge in [0.15, 0.2) is 17.1 Å². The summed E-state index contributed by atoms with van der Waals surface area (Å²) in [6, 6.07) is 7.54. The molecule has 1 aliphatic carbocycles. The van der Waals surface area contributed by atoms with Crippen LogP contribution in [0.2, 0.25) is 0 Å². The van der Waals surface area contributed by atoms with Crippen LogP contribution < -0.4 is 14.8 Å². The summed E-state index contributed by atoms with van der Waals surface area (Å²) in [6.45, 7) is 2.30. The number of nitrogens with zero attached hydrogens (tertiary/aromatic N) is 3. The third-order valence-electron chi connectivity index (χ3n) is 5.13. The first kappa shape index (κ1) is 18.3. The maximum atomic E-state index is 13.0. The Balaban J connectivity index is 1.62. The van der Waals surface area contributed by atoms with Crippen molar-refractivity contribution < 1.29 is 14.3 Å². The van der Waals surface area contributed by atoms with Crippen molar-refractivity contribution in [1.29, 1.82) is 0 Å². The Hall–Kier alpha value is -3.09. The number of amides is 1. The molecule has 4 rings (SSSR count). The number of benzene rings is 1. The first-order chi connectivity index (χ1) is 13.5. The van der Waals surface area contributed by atoms with Gasteiger partial charge in [0, 0.05) is 25.2 Å². The molecule has 1 fully saturated rings. The van der Waals surface area contributed by atoms with E-state index in [2.05, 4.69) is 10.4 Å². The van der Waals surface area contributed by atoms with E-state index in [0.29, 0.717) is 29.5 Å². The zero-order chi connectivity index (χ0) is 19.8. The van der Waals surface area contributed by atoms with Crippen LogP contribution in [0.4, 0.5) is 0 Å². The predicted octanol–water partition coefficient (Wildman–Crippen LogP) is 3.10. The number of aryl methyl sites for hydroxylation is 2. The van der Waals surface area contributed by atoms with E-state index in [9.17, 15) is 4.79 Å². The van der Waals surface area contributed by atoms with Gasteiger partial charge in [-0.1, -0.05) is 6.07 Å². The fraction of sp³-hybridized carbons (Fsp3) is 0.381. The fourth-order valence-corrected chi connectivity index (χ4v) is 3.50. The zero-order valence-electron chi connectivity index (χ0n) is 16.6. The summed E-state index contributed by atoms with van der Waals surface area (Å²) in [6.07, 6.45) is 2.25. The molecule has 1 amide bonds. The van der Waals surface area contributed by atoms with Crippen LogP contribution in [0.15, 0.2) is 24.3 Å². The van der Waals surface area contributed by atoms with Gasteiger partial charge < -0.3 is 14.8 Å². The molecule has 0 aliphatic heterocycles. The lowest BCUT2D eigenvalue weighted by Gasteiger charge is -2.11. The monoisotopic (exact) mass is 380 g/mol. The lowest BCUT2D eigenvalue weighted by Crippen LogP contribution is -2.23. The Labute approximate surface area is 163 Å². The van der Waals surface area contributed by atoms with Gasteiger partial charge in [-0.3, -0.25) is 9.48 Å². The molecule has 0 bridgehead atoms. The fourth-order valence-electron chi connectivity index (χ4n) is 3.50. The van der Waals surface area contributed by atoms with Gasteiger partial charge in [0.1, 0.15) is 0 Å². The second kappa shape index (κ2) is 7.14. The van der Waals surface area contributed by atoms with E-state index < -0.39 is 0 Å². The second-order valence-electron chi connectivity index (χ2n) is 7.15. The second-order valence-corrected chi connectivity index (χ2v) is 7.15. The highest BCUT2D eigenvalue weighted by Crippen LogP contribution is 2.40. The zero-order valence-corrected chi connectivity index (χ0v) is 16.6. The van der Waals surface area contributed by atoms with Gasteiger partial charge in [-0.05, 0) is 43.5 Å². The molecule has 0 saturated heterocycles. The SMILES string of the molecule is COc1ccc(CNC(=O)c2cc(C3CC3)nc3c2c(C)nn3C)cc1OC. The van der Waals surface area contributed by atoms with Gasteiger partial charge >= 0.3 is 0 Å². The van der Waals surface area contributed by atoms with Crippen LogP contribution in [0.25, 0.3) is 11.0 Å². The first-order valence-corrected chi connectivity index (χ1v) is 9.35. The number of carbonyl (C=O) groups excluding carboxylic acids is 1. The van der Waals surface area contributed by atoms with E-state index in [0.717, 1.165) is 40.8 Å². The lowest BCUT2D eigenvalue weighted by molar-refractivity contribution is 0.0952. The number of pyridine rings is 1. The van der Waals surface area contributed by atoms with Crippen molar-refractivity contribution in [1.82, 2.24) is 20.1 Å². The van der Waals surface area contributed by atoms with Crippen molar-refractivity contribution in [3.63, 3.8) is 0 Å². The van der Waals surface area contributed by atoms with E-state index in [1.165, 1.54) is 0 Å². The molecule has 1 saturated carbocycles. The number of hydrogen-bond donors (Lipinski definition) is 1. The standard InChI is InChI=1S/C21H24N4O3/c1-12-19-15(10-16(14-6-7-14)23-20(19)25(2)24-12)21(26)22-11-13-5-8-17(27-3)18(9-13)28-4/h5,8-10,14H,6-7,11H2,1-4H3,(H,22,26). The van der Waals surface area contributed by atoms with E-state index >= 15 is 0 Å². The van der Waals surface area contributed by atoms with Crippen LogP contribution in [-0.2, 0) is 13.6 Å². The molecule has 0 spiro atoms. The quantitative estimate of drug-likeness (QED) is 0.711. The first-order valence-electron chi connectivity index (χ1n) is 9.35. The number of hydrogen-bond acceptors (Lipinski definition) is 5. The van der Waals surface area contributed by atoms with Crippen LogP contribution in [0, 0.1) is 6.92 Å². The molecule has 2 heterocycles. The van der Waals surface area contributed by atoms with Gasteiger partial charge in [0.2, 0.25) is 0 Å². The maximum absolute atomic E-state index is 13.0. The molecule has 28 heavy (non-hydrogen) atoms. The van der Waals surface area contributed by atoms with E-state index in [-0.39, 0.29) is 5.91 Å². The summed E-state index contributed by atoms with van der Waals surface area (Å²) in [7, 11) is 5.06. The summed E-state index contributed by atoms with van der Waals surface area (Å²) < 4.78 is 12.4. The Bertz CT molecular complexity index is 1050. The topological polar surface area (TPSA) is 78.3 Å². The highest BCUT2D eigenvalue weighted by molar-refractivity contribution is 6.06. The van der Waals surface area contributed by atoms with Gasteiger partial charge in [-0.2, -0.15) is 5.10 Å². The molecule has 146 valence electrons. The number of rotatable bonds is 6. The molecule has 2 aromatic heterocycles. The molecular formula is C21H24N4O3. The van der Waals surface area contributed by atoms with Gasteiger partial charge in [-0.15, -0.1) is 0 Å². The summed E-state index contributed by atoms with van der Waals surface area (Å²) in [5.41, 5.74) is 4.12. The minimum Gasteiger partial charge on any atom is -0.493 e. The number of fused-ring (bicyclic) bond motifs is 1. The smallest absolute Gasteiger partial charge is 0.252 e. The average molecular weight is 380 g/mol. The van der Waals surface area contributed by atoms with Crippen molar-refractivity contribution in [2.75, 3.05) is 14.2 Å². The molecule has 7 nitrogen and oxygen atoms in total. The van der Waals surface area contributed by atoms with Crippen LogP contribution in [0.5, 0.6) is 11.5 Å². The molecule has 3 aromatic rings. The average Bonchev–Trinajstić information content (AvgIpc) is 3.51. The lowest BCUT2D eigenvalue weighted by atomic mass is 10.1. The molecule has 1 aliphatic rings. The van der Waals surface area contributed by atoms with Crippen molar-refractivity contribution in [2.24, 2.45) is 7.05 Å². The molecule has 0 radical (unpaired) electrons. The van der Waals surface area contributed by atoms with Crippen molar-refractivity contribution in [3.05, 3.63) is 46.8 Å². The number of methoxy groups -OCH3 is 2. The van der Waals surface area contributed by atoms with Gasteiger partial charge in [-0.25, -0.2) is 4.98 Å². The largest absolute Gasteiger partial charge is 0.493 e. The Morgan fingerprint density at radius 2 is 1.96 bits per heavy atom. The third-order valence-corrected chi connectivity index (χ3v) is 5.13. The molecular weight excluding hydrogens is 356 g/mol. The van der Waals surface area contributed by atoms with Crippen LogP contribution in [-0.4, -0.2) is 34.9 Å². The highest BCUT2D eigenvalue weighted by Gasteiger charge is 2.28. The summed E-state index contributed by atoms with van der Waals surface area (Å²) in [5.74, 6) is 1.63. The molecule has 0 atom stereocenters. The Morgan fingerprint density at radius 1 is 1.21 bits per heavy atom. The van der Waals surface area contributed by atoms with Gasteiger partial charge in [0.25, 0.3) is 5.91 Å². The third kappa shape index (κ3) is 3.28. The van der Waals surface area contributed by atoms with Crippen LogP contribution in [0.3, 0.4) is 0 Å². The van der Waals surface area contributed by atoms with Gasteiger partial charge in [0.05, 0.1) is 30.9 Å². The van der Waals surface area contributed by atoms with E-state index in [4.69, 9.17) is 14.5 Å². The Morgan fingerprint density at radius 3 is 2.64 bits per heavy atom. The molecule has 7 heteroatoms. The summed E-state index contributed by atoms with van der Waals surface area (Å²) in [5, 5.41) is 8.29. The molecule has 1 N–H and O–H groups in total. The van der Waals surface area contributed by atoms with Crippen molar-refractivity contribution >= 4 is 16.9 Å².